The molecule has 1 saturated heterocycles. The lowest BCUT2D eigenvalue weighted by Crippen LogP contribution is -2.57. The number of carbonyl (C=O) groups is 2. The summed E-state index contributed by atoms with van der Waals surface area (Å²) in [5, 5.41) is 18.9. The lowest BCUT2D eigenvalue weighted by atomic mass is 9.85. The molecule has 2 aliphatic rings. The third-order valence-corrected chi connectivity index (χ3v) is 5.37. The van der Waals surface area contributed by atoms with Crippen molar-refractivity contribution in [3.8, 4) is 0 Å². The largest absolute Gasteiger partial charge is 0.480 e. The number of hydrogen-bond acceptors (Lipinski definition) is 4. The monoisotopic (exact) mass is 349 g/mol. The fourth-order valence-electron chi connectivity index (χ4n) is 3.90. The number of likely N-dealkylation sites (N-methyl/N-ethyl adjacent to an activating group) is 1. The Kier molecular flexibility index (Phi) is 5.57. The molecule has 3 N–H and O–H groups in total. The Morgan fingerprint density at radius 1 is 1.44 bits per heavy atom. The molecular weight excluding hydrogens is 322 g/mol. The highest BCUT2D eigenvalue weighted by molar-refractivity contribution is 5.75. The van der Waals surface area contributed by atoms with Gasteiger partial charge < -0.3 is 15.3 Å². The van der Waals surface area contributed by atoms with E-state index in [0.717, 1.165) is 44.2 Å². The quantitative estimate of drug-likeness (QED) is 0.724. The number of H-pyrrole nitrogens is 1. The first-order valence-corrected chi connectivity index (χ1v) is 9.10. The van der Waals surface area contributed by atoms with Gasteiger partial charge in [-0.25, -0.2) is 4.79 Å². The number of nitrogens with one attached hydrogen (secondary N) is 2. The highest BCUT2D eigenvalue weighted by Gasteiger charge is 2.37. The van der Waals surface area contributed by atoms with Crippen LogP contribution in [0.5, 0.6) is 0 Å². The summed E-state index contributed by atoms with van der Waals surface area (Å²) in [5.41, 5.74) is 1.06. The van der Waals surface area contributed by atoms with Gasteiger partial charge in [-0.2, -0.15) is 5.10 Å². The zero-order valence-corrected chi connectivity index (χ0v) is 14.6. The number of urea groups is 1. The van der Waals surface area contributed by atoms with E-state index >= 15 is 0 Å². The first kappa shape index (κ1) is 17.7. The molecule has 3 rings (SSSR count). The highest BCUT2D eigenvalue weighted by Crippen LogP contribution is 2.31. The van der Waals surface area contributed by atoms with Crippen molar-refractivity contribution in [3.63, 3.8) is 0 Å². The number of amides is 2. The molecule has 1 aliphatic carbocycles. The van der Waals surface area contributed by atoms with Gasteiger partial charge in [0.1, 0.15) is 0 Å². The maximum Gasteiger partial charge on any atom is 0.318 e. The predicted octanol–water partition coefficient (Wildman–Crippen LogP) is 1.58. The molecule has 2 amide bonds. The number of carboxylic acid groups (broad SMARTS) is 1. The number of rotatable bonds is 6. The first-order chi connectivity index (χ1) is 12.1. The molecule has 2 fully saturated rings. The van der Waals surface area contributed by atoms with Gasteiger partial charge >= 0.3 is 12.0 Å². The van der Waals surface area contributed by atoms with Crippen LogP contribution in [-0.4, -0.2) is 68.8 Å². The summed E-state index contributed by atoms with van der Waals surface area (Å²) in [4.78, 5) is 27.5. The molecule has 1 aliphatic heterocycles. The van der Waals surface area contributed by atoms with Gasteiger partial charge in [0.25, 0.3) is 0 Å². The van der Waals surface area contributed by atoms with Crippen molar-refractivity contribution in [2.45, 2.75) is 57.2 Å². The second-order valence-corrected chi connectivity index (χ2v) is 6.97. The van der Waals surface area contributed by atoms with E-state index in [1.165, 1.54) is 0 Å². The number of carbonyl (C=O) groups excluding carboxylic acids is 1. The SMILES string of the molecule is CCN(CC(=O)O)C1CC(NC(=O)N2CCCCC2c2cn[nH]c2)C1. The van der Waals surface area contributed by atoms with Gasteiger partial charge in [-0.3, -0.25) is 14.8 Å². The van der Waals surface area contributed by atoms with Crippen molar-refractivity contribution in [2.24, 2.45) is 0 Å². The highest BCUT2D eigenvalue weighted by atomic mass is 16.4. The molecule has 1 saturated carbocycles. The Hall–Kier alpha value is -2.09. The number of carboxylic acids is 1. The summed E-state index contributed by atoms with van der Waals surface area (Å²) in [5.74, 6) is -0.800. The molecular formula is C17H27N5O3. The van der Waals surface area contributed by atoms with E-state index < -0.39 is 5.97 Å². The van der Waals surface area contributed by atoms with Gasteiger partial charge in [0.05, 0.1) is 18.8 Å². The zero-order valence-electron chi connectivity index (χ0n) is 14.6. The van der Waals surface area contributed by atoms with Gasteiger partial charge in [0, 0.05) is 30.4 Å². The number of aromatic amines is 1. The van der Waals surface area contributed by atoms with Crippen LogP contribution in [0.3, 0.4) is 0 Å². The molecule has 1 unspecified atom stereocenters. The Morgan fingerprint density at radius 2 is 2.24 bits per heavy atom. The molecule has 1 atom stereocenters. The summed E-state index contributed by atoms with van der Waals surface area (Å²) in [6, 6.07) is 0.447. The molecule has 0 bridgehead atoms. The average molecular weight is 349 g/mol. The molecule has 0 radical (unpaired) electrons. The first-order valence-electron chi connectivity index (χ1n) is 9.10. The van der Waals surface area contributed by atoms with Crippen molar-refractivity contribution in [3.05, 3.63) is 18.0 Å². The van der Waals surface area contributed by atoms with Gasteiger partial charge in [-0.1, -0.05) is 6.92 Å². The maximum atomic E-state index is 12.7. The van der Waals surface area contributed by atoms with Crippen LogP contribution in [0.4, 0.5) is 4.79 Å². The van der Waals surface area contributed by atoms with Crippen molar-refractivity contribution >= 4 is 12.0 Å². The topological polar surface area (TPSA) is 102 Å². The minimum absolute atomic E-state index is 0.0179. The number of nitrogens with zero attached hydrogens (tertiary/aromatic N) is 3. The Balaban J connectivity index is 1.52. The van der Waals surface area contributed by atoms with Crippen LogP contribution in [0, 0.1) is 0 Å². The molecule has 138 valence electrons. The smallest absolute Gasteiger partial charge is 0.318 e. The Morgan fingerprint density at radius 3 is 2.88 bits per heavy atom. The molecule has 0 aromatic carbocycles. The minimum atomic E-state index is -0.800. The van der Waals surface area contributed by atoms with Crippen molar-refractivity contribution in [1.29, 1.82) is 0 Å². The molecule has 2 heterocycles. The van der Waals surface area contributed by atoms with Crippen molar-refractivity contribution < 1.29 is 14.7 Å². The maximum absolute atomic E-state index is 12.7. The fourth-order valence-corrected chi connectivity index (χ4v) is 3.90. The van der Waals surface area contributed by atoms with E-state index in [9.17, 15) is 9.59 Å². The Bertz CT molecular complexity index is 585. The summed E-state index contributed by atoms with van der Waals surface area (Å²) in [6.45, 7) is 3.51. The predicted molar refractivity (Wildman–Crippen MR) is 92.1 cm³/mol. The second kappa shape index (κ2) is 7.86. The molecule has 0 spiro atoms. The number of piperidine rings is 1. The fraction of sp³-hybridized carbons (Fsp3) is 0.706. The lowest BCUT2D eigenvalue weighted by molar-refractivity contribution is -0.139. The standard InChI is InChI=1S/C17H27N5O3/c1-2-21(11-16(23)24)14-7-13(8-14)20-17(25)22-6-4-3-5-15(22)12-9-18-19-10-12/h9-10,13-15H,2-8,11H2,1H3,(H,18,19)(H,20,25)(H,23,24). The van der Waals surface area contributed by atoms with Gasteiger partial charge in [-0.05, 0) is 38.6 Å². The third-order valence-electron chi connectivity index (χ3n) is 5.37. The van der Waals surface area contributed by atoms with E-state index in [1.54, 1.807) is 6.20 Å². The number of hydrogen-bond donors (Lipinski definition) is 3. The van der Waals surface area contributed by atoms with Crippen molar-refractivity contribution in [2.75, 3.05) is 19.6 Å². The molecule has 8 heteroatoms. The normalized spacial score (nSPS) is 26.3. The summed E-state index contributed by atoms with van der Waals surface area (Å²) in [7, 11) is 0. The average Bonchev–Trinajstić information content (AvgIpc) is 3.10. The van der Waals surface area contributed by atoms with Crippen LogP contribution in [0.25, 0.3) is 0 Å². The molecule has 25 heavy (non-hydrogen) atoms. The lowest BCUT2D eigenvalue weighted by Gasteiger charge is -2.44. The summed E-state index contributed by atoms with van der Waals surface area (Å²) >= 11 is 0. The van der Waals surface area contributed by atoms with E-state index in [2.05, 4.69) is 15.5 Å². The zero-order chi connectivity index (χ0) is 17.8. The van der Waals surface area contributed by atoms with Crippen molar-refractivity contribution in [1.82, 2.24) is 25.3 Å². The van der Waals surface area contributed by atoms with Gasteiger partial charge in [0.2, 0.25) is 0 Å². The summed E-state index contributed by atoms with van der Waals surface area (Å²) < 4.78 is 0. The second-order valence-electron chi connectivity index (χ2n) is 6.97. The van der Waals surface area contributed by atoms with Crippen LogP contribution in [0.1, 0.15) is 50.6 Å². The molecule has 1 aromatic heterocycles. The van der Waals surface area contributed by atoms with E-state index in [-0.39, 0.29) is 30.7 Å². The van der Waals surface area contributed by atoms with Crippen LogP contribution >= 0.6 is 0 Å². The summed E-state index contributed by atoms with van der Waals surface area (Å²) in [6.07, 6.45) is 8.39. The minimum Gasteiger partial charge on any atom is -0.480 e. The van der Waals surface area contributed by atoms with E-state index in [4.69, 9.17) is 5.11 Å². The molecule has 1 aromatic rings. The van der Waals surface area contributed by atoms with Gasteiger partial charge in [0.15, 0.2) is 0 Å². The van der Waals surface area contributed by atoms with Crippen LogP contribution in [-0.2, 0) is 4.79 Å². The van der Waals surface area contributed by atoms with Crippen LogP contribution in [0.15, 0.2) is 12.4 Å². The van der Waals surface area contributed by atoms with Gasteiger partial charge in [-0.15, -0.1) is 0 Å². The van der Waals surface area contributed by atoms with Crippen LogP contribution in [0.2, 0.25) is 0 Å². The van der Waals surface area contributed by atoms with E-state index in [0.29, 0.717) is 6.54 Å². The van der Waals surface area contributed by atoms with E-state index in [1.807, 2.05) is 22.9 Å². The number of aromatic nitrogens is 2. The molecule has 8 nitrogen and oxygen atoms in total. The van der Waals surface area contributed by atoms with Crippen LogP contribution < -0.4 is 5.32 Å². The third kappa shape index (κ3) is 4.12. The number of aliphatic carboxylic acids is 1. The Labute approximate surface area is 147 Å². The number of likely N-dealkylation sites (tertiary alicyclic amines) is 1.